The summed E-state index contributed by atoms with van der Waals surface area (Å²) >= 11 is 0. The monoisotopic (exact) mass is 250 g/mol. The van der Waals surface area contributed by atoms with Crippen LogP contribution >= 0.6 is 0 Å². The Balaban J connectivity index is 2.59. The van der Waals surface area contributed by atoms with Crippen molar-refractivity contribution in [2.75, 3.05) is 33.1 Å². The van der Waals surface area contributed by atoms with Gasteiger partial charge in [0.1, 0.15) is 0 Å². The number of methoxy groups -OCH3 is 1. The van der Waals surface area contributed by atoms with E-state index in [4.69, 9.17) is 8.92 Å². The molecule has 1 atom stereocenters. The molecule has 1 rings (SSSR count). The van der Waals surface area contributed by atoms with Gasteiger partial charge in [0, 0.05) is 33.1 Å². The molecule has 0 bridgehead atoms. The predicted molar refractivity (Wildman–Crippen MR) is 59.8 cm³/mol. The maximum atomic E-state index is 11.6. The van der Waals surface area contributed by atoms with Gasteiger partial charge in [0.15, 0.2) is 0 Å². The standard InChI is InChI=1S/C9H18N2O4S/c1-4-11-6-5-10(2)9(11)15-16(12,13)8-7-14-3/h5-6,9H,4,7-8H2,1-3H3. The normalized spacial score (nSPS) is 20.8. The van der Waals surface area contributed by atoms with Crippen molar-refractivity contribution < 1.29 is 17.3 Å². The van der Waals surface area contributed by atoms with E-state index >= 15 is 0 Å². The van der Waals surface area contributed by atoms with Gasteiger partial charge in [0.2, 0.25) is 6.35 Å². The third kappa shape index (κ3) is 3.36. The number of nitrogens with zero attached hydrogens (tertiary/aromatic N) is 2. The van der Waals surface area contributed by atoms with Gasteiger partial charge in [-0.25, -0.2) is 4.18 Å². The second kappa shape index (κ2) is 5.51. The molecule has 0 aliphatic carbocycles. The number of rotatable bonds is 6. The highest BCUT2D eigenvalue weighted by atomic mass is 32.2. The van der Waals surface area contributed by atoms with Gasteiger partial charge in [-0.3, -0.25) is 0 Å². The summed E-state index contributed by atoms with van der Waals surface area (Å²) in [5, 5.41) is 0. The van der Waals surface area contributed by atoms with Crippen molar-refractivity contribution in [3.05, 3.63) is 12.4 Å². The molecular weight excluding hydrogens is 232 g/mol. The molecular formula is C9H18N2O4S. The maximum Gasteiger partial charge on any atom is 0.273 e. The van der Waals surface area contributed by atoms with Crippen LogP contribution in [-0.4, -0.2) is 57.6 Å². The summed E-state index contributed by atoms with van der Waals surface area (Å²) in [6.07, 6.45) is 3.00. The van der Waals surface area contributed by atoms with Crippen LogP contribution in [-0.2, 0) is 19.0 Å². The van der Waals surface area contributed by atoms with E-state index in [1.54, 1.807) is 29.2 Å². The summed E-state index contributed by atoms with van der Waals surface area (Å²) in [5.74, 6) is -0.134. The van der Waals surface area contributed by atoms with E-state index in [1.165, 1.54) is 7.11 Å². The molecule has 0 aromatic carbocycles. The minimum atomic E-state index is -3.55. The van der Waals surface area contributed by atoms with Gasteiger partial charge in [0.25, 0.3) is 10.1 Å². The SMILES string of the molecule is CCN1C=CN(C)C1OS(=O)(=O)CCOC. The van der Waals surface area contributed by atoms with Gasteiger partial charge < -0.3 is 14.5 Å². The van der Waals surface area contributed by atoms with Crippen molar-refractivity contribution in [3.8, 4) is 0 Å². The van der Waals surface area contributed by atoms with Gasteiger partial charge in [-0.05, 0) is 6.92 Å². The highest BCUT2D eigenvalue weighted by molar-refractivity contribution is 7.86. The molecule has 1 aliphatic rings. The van der Waals surface area contributed by atoms with Gasteiger partial charge in [-0.15, -0.1) is 0 Å². The Morgan fingerprint density at radius 3 is 2.62 bits per heavy atom. The van der Waals surface area contributed by atoms with Crippen molar-refractivity contribution >= 4 is 10.1 Å². The molecule has 0 N–H and O–H groups in total. The molecule has 1 aliphatic heterocycles. The molecule has 0 saturated carbocycles. The number of hydrogen-bond donors (Lipinski definition) is 0. The van der Waals surface area contributed by atoms with Gasteiger partial charge in [-0.1, -0.05) is 0 Å². The number of ether oxygens (including phenoxy) is 1. The minimum Gasteiger partial charge on any atom is -0.384 e. The zero-order valence-corrected chi connectivity index (χ0v) is 10.6. The highest BCUT2D eigenvalue weighted by Crippen LogP contribution is 2.16. The van der Waals surface area contributed by atoms with Crippen molar-refractivity contribution in [1.82, 2.24) is 9.80 Å². The lowest BCUT2D eigenvalue weighted by molar-refractivity contribution is -0.00615. The Labute approximate surface area is 96.5 Å². The summed E-state index contributed by atoms with van der Waals surface area (Å²) in [5.41, 5.74) is 0. The largest absolute Gasteiger partial charge is 0.384 e. The average molecular weight is 250 g/mol. The average Bonchev–Trinajstić information content (AvgIpc) is 2.57. The Bertz CT molecular complexity index is 341. The molecule has 0 aromatic rings. The minimum absolute atomic E-state index is 0.134. The lowest BCUT2D eigenvalue weighted by Crippen LogP contribution is -2.41. The van der Waals surface area contributed by atoms with Crippen molar-refractivity contribution in [1.29, 1.82) is 0 Å². The zero-order valence-electron chi connectivity index (χ0n) is 9.79. The molecule has 1 unspecified atom stereocenters. The number of hydrogen-bond acceptors (Lipinski definition) is 6. The van der Waals surface area contributed by atoms with Gasteiger partial charge >= 0.3 is 0 Å². The van der Waals surface area contributed by atoms with E-state index < -0.39 is 16.5 Å². The first kappa shape index (κ1) is 13.3. The van der Waals surface area contributed by atoms with E-state index in [0.717, 1.165) is 0 Å². The van der Waals surface area contributed by atoms with Crippen LogP contribution in [0.25, 0.3) is 0 Å². The fourth-order valence-electron chi connectivity index (χ4n) is 1.32. The summed E-state index contributed by atoms with van der Waals surface area (Å²) in [6, 6.07) is 0. The molecule has 7 heteroatoms. The maximum absolute atomic E-state index is 11.6. The Hall–Kier alpha value is -0.790. The third-order valence-corrected chi connectivity index (χ3v) is 3.39. The predicted octanol–water partition coefficient (Wildman–Crippen LogP) is 0.00130. The summed E-state index contributed by atoms with van der Waals surface area (Å²) < 4.78 is 33.0. The quantitative estimate of drug-likeness (QED) is 0.619. The van der Waals surface area contributed by atoms with Crippen molar-refractivity contribution in [2.45, 2.75) is 13.3 Å². The van der Waals surface area contributed by atoms with Crippen molar-refractivity contribution in [2.24, 2.45) is 0 Å². The molecule has 0 amide bonds. The molecule has 0 fully saturated rings. The third-order valence-electron chi connectivity index (χ3n) is 2.26. The summed E-state index contributed by atoms with van der Waals surface area (Å²) in [4.78, 5) is 3.50. The van der Waals surface area contributed by atoms with Crippen LogP contribution in [0.3, 0.4) is 0 Å². The Morgan fingerprint density at radius 1 is 1.38 bits per heavy atom. The molecule has 0 aromatic heterocycles. The topological polar surface area (TPSA) is 59.1 Å². The van der Waals surface area contributed by atoms with E-state index in [2.05, 4.69) is 0 Å². The first-order chi connectivity index (χ1) is 7.50. The molecule has 6 nitrogen and oxygen atoms in total. The van der Waals surface area contributed by atoms with Crippen LogP contribution in [0, 0.1) is 0 Å². The van der Waals surface area contributed by atoms with Gasteiger partial charge in [-0.2, -0.15) is 8.42 Å². The summed E-state index contributed by atoms with van der Waals surface area (Å²) in [7, 11) is -0.329. The fraction of sp³-hybridized carbons (Fsp3) is 0.778. The van der Waals surface area contributed by atoms with Crippen LogP contribution in [0.4, 0.5) is 0 Å². The second-order valence-corrected chi connectivity index (χ2v) is 5.19. The molecule has 94 valence electrons. The van der Waals surface area contributed by atoms with Crippen LogP contribution < -0.4 is 0 Å². The van der Waals surface area contributed by atoms with Crippen LogP contribution in [0.1, 0.15) is 6.92 Å². The Kier molecular flexibility index (Phi) is 4.57. The molecule has 1 heterocycles. The smallest absolute Gasteiger partial charge is 0.273 e. The molecule has 0 radical (unpaired) electrons. The van der Waals surface area contributed by atoms with E-state index in [-0.39, 0.29) is 12.4 Å². The van der Waals surface area contributed by atoms with E-state index in [9.17, 15) is 8.42 Å². The van der Waals surface area contributed by atoms with E-state index in [0.29, 0.717) is 6.54 Å². The lowest BCUT2D eigenvalue weighted by Gasteiger charge is -2.28. The van der Waals surface area contributed by atoms with Crippen molar-refractivity contribution in [3.63, 3.8) is 0 Å². The first-order valence-electron chi connectivity index (χ1n) is 5.06. The molecule has 16 heavy (non-hydrogen) atoms. The fourth-order valence-corrected chi connectivity index (χ4v) is 2.30. The Morgan fingerprint density at radius 2 is 2.06 bits per heavy atom. The van der Waals surface area contributed by atoms with Crippen LogP contribution in [0.15, 0.2) is 12.4 Å². The zero-order chi connectivity index (χ0) is 12.2. The first-order valence-corrected chi connectivity index (χ1v) is 6.64. The molecule has 0 spiro atoms. The highest BCUT2D eigenvalue weighted by Gasteiger charge is 2.28. The van der Waals surface area contributed by atoms with Gasteiger partial charge in [0.05, 0.1) is 12.4 Å². The van der Waals surface area contributed by atoms with Crippen LogP contribution in [0.5, 0.6) is 0 Å². The van der Waals surface area contributed by atoms with Crippen LogP contribution in [0.2, 0.25) is 0 Å². The second-order valence-electron chi connectivity index (χ2n) is 3.47. The lowest BCUT2D eigenvalue weighted by atomic mass is 10.6. The summed E-state index contributed by atoms with van der Waals surface area (Å²) in [6.45, 7) is 2.76. The molecule has 0 saturated heterocycles. The van der Waals surface area contributed by atoms with E-state index in [1.807, 2.05) is 6.92 Å².